The highest BCUT2D eigenvalue weighted by atomic mass is 79.9. The van der Waals surface area contributed by atoms with E-state index in [4.69, 9.17) is 11.6 Å². The Morgan fingerprint density at radius 2 is 1.96 bits per heavy atom. The van der Waals surface area contributed by atoms with Crippen molar-refractivity contribution in [3.63, 3.8) is 0 Å². The molecule has 0 fully saturated rings. The van der Waals surface area contributed by atoms with Crippen LogP contribution in [0, 0.1) is 13.8 Å². The summed E-state index contributed by atoms with van der Waals surface area (Å²) in [7, 11) is -4.15. The minimum Gasteiger partial charge on any atom is -0.266 e. The summed E-state index contributed by atoms with van der Waals surface area (Å²) in [6, 6.07) is 9.69. The summed E-state index contributed by atoms with van der Waals surface area (Å²) in [6.45, 7) is 3.33. The van der Waals surface area contributed by atoms with Crippen molar-refractivity contribution in [2.75, 3.05) is 0 Å². The van der Waals surface area contributed by atoms with E-state index < -0.39 is 15.9 Å². The van der Waals surface area contributed by atoms with Gasteiger partial charge in [0.25, 0.3) is 15.9 Å². The van der Waals surface area contributed by atoms with Crippen LogP contribution >= 0.6 is 27.5 Å². The molecule has 1 aromatic carbocycles. The molecule has 3 rings (SSSR count). The lowest BCUT2D eigenvalue weighted by Gasteiger charge is -2.10. The summed E-state index contributed by atoms with van der Waals surface area (Å²) in [4.78, 5) is 16.6. The van der Waals surface area contributed by atoms with E-state index in [2.05, 4.69) is 26.0 Å². The van der Waals surface area contributed by atoms with Crippen LogP contribution in [-0.2, 0) is 10.0 Å². The van der Waals surface area contributed by atoms with Gasteiger partial charge in [-0.3, -0.25) is 4.79 Å². The standard InChI is InChI=1S/C17H14BrClN4O3S/c1-10-5-3-7-13(19)15(10)27(25,26)22-17(24)14-9-11(2)23(21-14)16-12(18)6-4-8-20-16/h3-9H,1-2H3,(H,22,24). The molecule has 0 aliphatic carbocycles. The number of hydrogen-bond acceptors (Lipinski definition) is 5. The summed E-state index contributed by atoms with van der Waals surface area (Å²) >= 11 is 9.38. The zero-order valence-corrected chi connectivity index (χ0v) is 17.4. The van der Waals surface area contributed by atoms with Crippen LogP contribution in [0.1, 0.15) is 21.7 Å². The van der Waals surface area contributed by atoms with Gasteiger partial charge in [-0.25, -0.2) is 22.8 Å². The average Bonchev–Trinajstić information content (AvgIpc) is 2.96. The zero-order chi connectivity index (χ0) is 19.8. The van der Waals surface area contributed by atoms with Gasteiger partial charge in [0, 0.05) is 11.9 Å². The molecule has 0 spiro atoms. The summed E-state index contributed by atoms with van der Waals surface area (Å²) in [5.41, 5.74) is 0.992. The number of nitrogens with zero attached hydrogens (tertiary/aromatic N) is 3. The third-order valence-electron chi connectivity index (χ3n) is 3.72. The predicted octanol–water partition coefficient (Wildman–Crippen LogP) is 3.42. The SMILES string of the molecule is Cc1cccc(Cl)c1S(=O)(=O)NC(=O)c1cc(C)n(-c2ncccc2Br)n1. The lowest BCUT2D eigenvalue weighted by Crippen LogP contribution is -2.31. The molecule has 2 aromatic heterocycles. The maximum Gasteiger partial charge on any atom is 0.285 e. The smallest absolute Gasteiger partial charge is 0.266 e. The zero-order valence-electron chi connectivity index (χ0n) is 14.3. The number of sulfonamides is 1. The number of rotatable bonds is 4. The van der Waals surface area contributed by atoms with Gasteiger partial charge in [-0.2, -0.15) is 5.10 Å². The fourth-order valence-corrected chi connectivity index (χ4v) is 4.73. The van der Waals surface area contributed by atoms with Crippen LogP contribution in [0.15, 0.2) is 52.0 Å². The molecule has 0 aliphatic heterocycles. The van der Waals surface area contributed by atoms with Gasteiger partial charge in [0.15, 0.2) is 11.5 Å². The van der Waals surface area contributed by atoms with Crippen molar-refractivity contribution in [1.29, 1.82) is 0 Å². The summed E-state index contributed by atoms with van der Waals surface area (Å²) in [5, 5.41) is 4.21. The number of pyridine rings is 1. The van der Waals surface area contributed by atoms with Crippen molar-refractivity contribution in [1.82, 2.24) is 19.5 Å². The van der Waals surface area contributed by atoms with Gasteiger partial charge in [0.1, 0.15) is 4.90 Å². The quantitative estimate of drug-likeness (QED) is 0.632. The molecule has 0 saturated heterocycles. The number of carbonyl (C=O) groups excluding carboxylic acids is 1. The Labute approximate surface area is 169 Å². The molecule has 0 unspecified atom stereocenters. The first-order valence-corrected chi connectivity index (χ1v) is 10.4. The molecule has 3 aromatic rings. The van der Waals surface area contributed by atoms with E-state index in [0.29, 0.717) is 21.5 Å². The van der Waals surface area contributed by atoms with E-state index in [1.54, 1.807) is 44.3 Å². The number of benzene rings is 1. The Morgan fingerprint density at radius 3 is 2.63 bits per heavy atom. The largest absolute Gasteiger partial charge is 0.285 e. The third-order valence-corrected chi connectivity index (χ3v) is 6.30. The van der Waals surface area contributed by atoms with Crippen molar-refractivity contribution in [2.24, 2.45) is 0 Å². The van der Waals surface area contributed by atoms with Crippen LogP contribution in [0.4, 0.5) is 0 Å². The van der Waals surface area contributed by atoms with Crippen molar-refractivity contribution in [3.05, 3.63) is 69.0 Å². The molecule has 0 radical (unpaired) electrons. The number of aryl methyl sites for hydroxylation is 2. The minimum absolute atomic E-state index is 0.0365. The molecule has 0 bridgehead atoms. The molecule has 1 N–H and O–H groups in total. The Morgan fingerprint density at radius 1 is 1.22 bits per heavy atom. The highest BCUT2D eigenvalue weighted by Gasteiger charge is 2.25. The molecular formula is C17H14BrClN4O3S. The van der Waals surface area contributed by atoms with E-state index in [1.807, 2.05) is 4.72 Å². The van der Waals surface area contributed by atoms with Crippen LogP contribution < -0.4 is 4.72 Å². The van der Waals surface area contributed by atoms with Crippen LogP contribution in [-0.4, -0.2) is 29.1 Å². The van der Waals surface area contributed by atoms with Gasteiger partial charge in [-0.05, 0) is 59.6 Å². The van der Waals surface area contributed by atoms with Crippen LogP contribution in [0.3, 0.4) is 0 Å². The first kappa shape index (κ1) is 19.5. The lowest BCUT2D eigenvalue weighted by atomic mass is 10.2. The van der Waals surface area contributed by atoms with E-state index in [0.717, 1.165) is 0 Å². The van der Waals surface area contributed by atoms with Gasteiger partial charge in [-0.15, -0.1) is 0 Å². The molecule has 27 heavy (non-hydrogen) atoms. The number of aromatic nitrogens is 3. The second-order valence-electron chi connectivity index (χ2n) is 5.71. The van der Waals surface area contributed by atoms with E-state index in [-0.39, 0.29) is 15.6 Å². The normalized spacial score (nSPS) is 11.4. The van der Waals surface area contributed by atoms with Gasteiger partial charge >= 0.3 is 0 Å². The molecule has 2 heterocycles. The van der Waals surface area contributed by atoms with Gasteiger partial charge in [0.05, 0.1) is 9.50 Å². The molecule has 140 valence electrons. The third kappa shape index (κ3) is 3.90. The predicted molar refractivity (Wildman–Crippen MR) is 105 cm³/mol. The number of nitrogens with one attached hydrogen (secondary N) is 1. The van der Waals surface area contributed by atoms with Crippen molar-refractivity contribution >= 4 is 43.5 Å². The minimum atomic E-state index is -4.15. The van der Waals surface area contributed by atoms with Crippen LogP contribution in [0.2, 0.25) is 5.02 Å². The van der Waals surface area contributed by atoms with Crippen molar-refractivity contribution in [2.45, 2.75) is 18.7 Å². The van der Waals surface area contributed by atoms with E-state index in [9.17, 15) is 13.2 Å². The first-order chi connectivity index (χ1) is 12.7. The highest BCUT2D eigenvalue weighted by molar-refractivity contribution is 9.10. The Balaban J connectivity index is 1.94. The fraction of sp³-hybridized carbons (Fsp3) is 0.118. The molecule has 0 atom stereocenters. The lowest BCUT2D eigenvalue weighted by molar-refractivity contribution is 0.0976. The van der Waals surface area contributed by atoms with Crippen molar-refractivity contribution < 1.29 is 13.2 Å². The number of amides is 1. The molecule has 1 amide bonds. The Bertz CT molecular complexity index is 1120. The van der Waals surface area contributed by atoms with Crippen molar-refractivity contribution in [3.8, 4) is 5.82 Å². The molecule has 0 aliphatic rings. The summed E-state index contributed by atoms with van der Waals surface area (Å²) in [6.07, 6.45) is 1.59. The Kier molecular flexibility index (Phi) is 5.36. The topological polar surface area (TPSA) is 94.0 Å². The molecule has 7 nitrogen and oxygen atoms in total. The maximum absolute atomic E-state index is 12.6. The molecular weight excluding hydrogens is 456 g/mol. The van der Waals surface area contributed by atoms with Gasteiger partial charge < -0.3 is 0 Å². The van der Waals surface area contributed by atoms with Gasteiger partial charge in [0.2, 0.25) is 0 Å². The van der Waals surface area contributed by atoms with Crippen LogP contribution in [0.25, 0.3) is 5.82 Å². The Hall–Kier alpha value is -2.23. The molecule has 0 saturated carbocycles. The first-order valence-electron chi connectivity index (χ1n) is 7.70. The van der Waals surface area contributed by atoms with Gasteiger partial charge in [-0.1, -0.05) is 23.7 Å². The number of carbonyl (C=O) groups is 1. The summed E-state index contributed by atoms with van der Waals surface area (Å²) < 4.78 is 29.4. The fourth-order valence-electron chi connectivity index (χ4n) is 2.52. The highest BCUT2D eigenvalue weighted by Crippen LogP contribution is 2.25. The van der Waals surface area contributed by atoms with E-state index >= 15 is 0 Å². The summed E-state index contributed by atoms with van der Waals surface area (Å²) in [5.74, 6) is -0.373. The van der Waals surface area contributed by atoms with E-state index in [1.165, 1.54) is 16.8 Å². The van der Waals surface area contributed by atoms with Crippen LogP contribution in [0.5, 0.6) is 0 Å². The average molecular weight is 470 g/mol. The number of hydrogen-bond donors (Lipinski definition) is 1. The second-order valence-corrected chi connectivity index (χ2v) is 8.59. The maximum atomic E-state index is 12.6. The monoisotopic (exact) mass is 468 g/mol. The second kappa shape index (κ2) is 7.41. The number of halogens is 2. The molecule has 10 heteroatoms.